The van der Waals surface area contributed by atoms with Crippen LogP contribution in [0.25, 0.3) is 0 Å². The maximum absolute atomic E-state index is 12.5. The van der Waals surface area contributed by atoms with Crippen LogP contribution in [0.5, 0.6) is 11.5 Å². The van der Waals surface area contributed by atoms with E-state index in [0.717, 1.165) is 0 Å². The average Bonchev–Trinajstić information content (AvgIpc) is 2.69. The van der Waals surface area contributed by atoms with E-state index in [4.69, 9.17) is 10.00 Å². The summed E-state index contributed by atoms with van der Waals surface area (Å²) in [6.45, 7) is 1.75. The van der Waals surface area contributed by atoms with Crippen molar-refractivity contribution in [1.82, 2.24) is 0 Å². The van der Waals surface area contributed by atoms with Gasteiger partial charge in [0.1, 0.15) is 5.75 Å². The Labute approximate surface area is 155 Å². The quantitative estimate of drug-likeness (QED) is 0.371. The van der Waals surface area contributed by atoms with Crippen molar-refractivity contribution >= 4 is 11.5 Å². The summed E-state index contributed by atoms with van der Waals surface area (Å²) in [6.07, 6.45) is 0. The fourth-order valence-corrected chi connectivity index (χ4v) is 2.60. The number of aryl methyl sites for hydroxylation is 1. The molecule has 132 valence electrons. The lowest BCUT2D eigenvalue weighted by atomic mass is 10.0. The molecule has 0 radical (unpaired) electrons. The summed E-state index contributed by atoms with van der Waals surface area (Å²) in [7, 11) is 0. The van der Waals surface area contributed by atoms with Crippen LogP contribution in [-0.2, 0) is 0 Å². The molecule has 0 heterocycles. The second-order valence-corrected chi connectivity index (χ2v) is 5.83. The van der Waals surface area contributed by atoms with Crippen molar-refractivity contribution in [2.45, 2.75) is 6.92 Å². The van der Waals surface area contributed by atoms with Crippen molar-refractivity contribution in [3.05, 3.63) is 99.1 Å². The molecule has 0 amide bonds. The molecule has 0 spiro atoms. The highest BCUT2D eigenvalue weighted by atomic mass is 16.6. The van der Waals surface area contributed by atoms with Gasteiger partial charge in [-0.05, 0) is 42.8 Å². The highest BCUT2D eigenvalue weighted by molar-refractivity contribution is 6.09. The largest absolute Gasteiger partial charge is 0.450 e. The molecule has 3 aromatic rings. The standard InChI is InChI=1S/C21H14N2O4/c1-14-11-15(13-22)7-9-19(14)27-20-10-8-17(12-18(20)23(25)26)21(24)16-5-3-2-4-6-16/h2-12H,1H3. The lowest BCUT2D eigenvalue weighted by Gasteiger charge is -2.10. The Kier molecular flexibility index (Phi) is 4.95. The Hall–Kier alpha value is -3.98. The molecule has 3 rings (SSSR count). The van der Waals surface area contributed by atoms with E-state index in [2.05, 4.69) is 0 Å². The van der Waals surface area contributed by atoms with Gasteiger partial charge in [-0.2, -0.15) is 5.26 Å². The number of ether oxygens (including phenoxy) is 1. The molecular formula is C21H14N2O4. The molecule has 0 aromatic heterocycles. The van der Waals surface area contributed by atoms with Crippen molar-refractivity contribution in [2.75, 3.05) is 0 Å². The molecule has 6 nitrogen and oxygen atoms in total. The van der Waals surface area contributed by atoms with Crippen LogP contribution in [0.1, 0.15) is 27.0 Å². The van der Waals surface area contributed by atoms with Crippen molar-refractivity contribution in [1.29, 1.82) is 5.26 Å². The molecule has 0 atom stereocenters. The van der Waals surface area contributed by atoms with E-state index in [0.29, 0.717) is 22.4 Å². The third-order valence-corrected chi connectivity index (χ3v) is 3.98. The lowest BCUT2D eigenvalue weighted by molar-refractivity contribution is -0.385. The van der Waals surface area contributed by atoms with E-state index in [1.54, 1.807) is 55.5 Å². The van der Waals surface area contributed by atoms with Crippen molar-refractivity contribution in [3.8, 4) is 17.6 Å². The van der Waals surface area contributed by atoms with E-state index in [9.17, 15) is 14.9 Å². The zero-order chi connectivity index (χ0) is 19.4. The first-order valence-electron chi connectivity index (χ1n) is 8.06. The number of rotatable bonds is 5. The van der Waals surface area contributed by atoms with Gasteiger partial charge in [0.2, 0.25) is 5.75 Å². The predicted molar refractivity (Wildman–Crippen MR) is 98.9 cm³/mol. The van der Waals surface area contributed by atoms with E-state index < -0.39 is 4.92 Å². The van der Waals surface area contributed by atoms with Gasteiger partial charge in [0.25, 0.3) is 0 Å². The zero-order valence-electron chi connectivity index (χ0n) is 14.4. The van der Waals surface area contributed by atoms with Gasteiger partial charge in [0, 0.05) is 17.2 Å². The summed E-state index contributed by atoms with van der Waals surface area (Å²) in [5.74, 6) is 0.122. The first-order valence-corrected chi connectivity index (χ1v) is 8.06. The number of carbonyl (C=O) groups is 1. The summed E-state index contributed by atoms with van der Waals surface area (Å²) < 4.78 is 5.68. The highest BCUT2D eigenvalue weighted by Crippen LogP contribution is 2.34. The Balaban J connectivity index is 1.97. The van der Waals surface area contributed by atoms with Crippen LogP contribution in [0.15, 0.2) is 66.7 Å². The highest BCUT2D eigenvalue weighted by Gasteiger charge is 2.20. The Morgan fingerprint density at radius 3 is 2.33 bits per heavy atom. The number of ketones is 1. The molecule has 27 heavy (non-hydrogen) atoms. The van der Waals surface area contributed by atoms with E-state index in [-0.39, 0.29) is 22.8 Å². The monoisotopic (exact) mass is 358 g/mol. The molecule has 0 aliphatic rings. The summed E-state index contributed by atoms with van der Waals surface area (Å²) in [6, 6.07) is 19.5. The number of hydrogen-bond donors (Lipinski definition) is 0. The molecule has 0 aliphatic heterocycles. The summed E-state index contributed by atoms with van der Waals surface area (Å²) >= 11 is 0. The van der Waals surface area contributed by atoms with Gasteiger partial charge in [0.15, 0.2) is 5.78 Å². The van der Waals surface area contributed by atoms with Crippen LogP contribution in [0.4, 0.5) is 5.69 Å². The second kappa shape index (κ2) is 7.50. The first-order chi connectivity index (χ1) is 13.0. The van der Waals surface area contributed by atoms with Gasteiger partial charge in [0.05, 0.1) is 16.6 Å². The number of nitro groups is 1. The van der Waals surface area contributed by atoms with Crippen molar-refractivity contribution < 1.29 is 14.5 Å². The van der Waals surface area contributed by atoms with E-state index >= 15 is 0 Å². The predicted octanol–water partition coefficient (Wildman–Crippen LogP) is 4.80. The smallest absolute Gasteiger partial charge is 0.312 e. The minimum atomic E-state index is -0.587. The molecule has 6 heteroatoms. The SMILES string of the molecule is Cc1cc(C#N)ccc1Oc1ccc(C(=O)c2ccccc2)cc1[N+](=O)[O-]. The molecule has 3 aromatic carbocycles. The topological polar surface area (TPSA) is 93.2 Å². The zero-order valence-corrected chi connectivity index (χ0v) is 14.4. The van der Waals surface area contributed by atoms with Crippen molar-refractivity contribution in [3.63, 3.8) is 0 Å². The minimum Gasteiger partial charge on any atom is -0.450 e. The molecule has 0 fully saturated rings. The third-order valence-electron chi connectivity index (χ3n) is 3.98. The fraction of sp³-hybridized carbons (Fsp3) is 0.0476. The Morgan fingerprint density at radius 1 is 1.00 bits per heavy atom. The normalized spacial score (nSPS) is 10.1. The number of benzene rings is 3. The van der Waals surface area contributed by atoms with Crippen LogP contribution < -0.4 is 4.74 Å². The number of nitro benzene ring substituents is 1. The summed E-state index contributed by atoms with van der Waals surface area (Å²) in [5.41, 5.74) is 1.49. The molecule has 0 unspecified atom stereocenters. The van der Waals surface area contributed by atoms with Gasteiger partial charge >= 0.3 is 5.69 Å². The van der Waals surface area contributed by atoms with Gasteiger partial charge < -0.3 is 4.74 Å². The molecular weight excluding hydrogens is 344 g/mol. The number of nitrogens with zero attached hydrogens (tertiary/aromatic N) is 2. The maximum atomic E-state index is 12.5. The van der Waals surface area contributed by atoms with Gasteiger partial charge in [-0.3, -0.25) is 14.9 Å². The number of carbonyl (C=O) groups excluding carboxylic acids is 1. The molecule has 0 N–H and O–H groups in total. The molecule has 0 saturated carbocycles. The van der Waals surface area contributed by atoms with Crippen molar-refractivity contribution in [2.24, 2.45) is 0 Å². The second-order valence-electron chi connectivity index (χ2n) is 5.83. The van der Waals surface area contributed by atoms with Gasteiger partial charge in [-0.25, -0.2) is 0 Å². The van der Waals surface area contributed by atoms with Crippen LogP contribution in [0.2, 0.25) is 0 Å². The lowest BCUT2D eigenvalue weighted by Crippen LogP contribution is -2.03. The van der Waals surface area contributed by atoms with Crippen LogP contribution in [-0.4, -0.2) is 10.7 Å². The average molecular weight is 358 g/mol. The van der Waals surface area contributed by atoms with E-state index in [1.807, 2.05) is 6.07 Å². The summed E-state index contributed by atoms with van der Waals surface area (Å²) in [5, 5.41) is 20.4. The number of hydrogen-bond acceptors (Lipinski definition) is 5. The fourth-order valence-electron chi connectivity index (χ4n) is 2.60. The van der Waals surface area contributed by atoms with E-state index in [1.165, 1.54) is 18.2 Å². The molecule has 0 aliphatic carbocycles. The minimum absolute atomic E-state index is 0.0254. The molecule has 0 bridgehead atoms. The van der Waals surface area contributed by atoms with Gasteiger partial charge in [-0.1, -0.05) is 30.3 Å². The van der Waals surface area contributed by atoms with Crippen LogP contribution in [0.3, 0.4) is 0 Å². The Morgan fingerprint density at radius 2 is 1.70 bits per heavy atom. The first kappa shape index (κ1) is 17.8. The molecule has 0 saturated heterocycles. The van der Waals surface area contributed by atoms with Crippen LogP contribution >= 0.6 is 0 Å². The van der Waals surface area contributed by atoms with Crippen LogP contribution in [0, 0.1) is 28.4 Å². The summed E-state index contributed by atoms with van der Waals surface area (Å²) in [4.78, 5) is 23.4. The Bertz CT molecular complexity index is 1070. The third kappa shape index (κ3) is 3.83. The number of nitriles is 1. The maximum Gasteiger partial charge on any atom is 0.312 e. The van der Waals surface area contributed by atoms with Gasteiger partial charge in [-0.15, -0.1) is 0 Å².